The summed E-state index contributed by atoms with van der Waals surface area (Å²) in [5, 5.41) is 6.65. The second kappa shape index (κ2) is 9.97. The molecule has 0 fully saturated rings. The second-order valence-electron chi connectivity index (χ2n) is 5.67. The summed E-state index contributed by atoms with van der Waals surface area (Å²) in [5.74, 6) is 1.70. The van der Waals surface area contributed by atoms with Gasteiger partial charge in [0, 0.05) is 18.6 Å². The summed E-state index contributed by atoms with van der Waals surface area (Å²) in [7, 11) is 0. The van der Waals surface area contributed by atoms with Crippen LogP contribution < -0.4 is 10.6 Å². The number of nitrogens with one attached hydrogen (secondary N) is 2. The first-order valence-electron chi connectivity index (χ1n) is 6.41. The number of aliphatic imine (C=N–C) groups is 1. The molecule has 0 rings (SSSR count). The first kappa shape index (κ1) is 19.3. The summed E-state index contributed by atoms with van der Waals surface area (Å²) in [6.45, 7) is 14.9. The van der Waals surface area contributed by atoms with E-state index in [4.69, 9.17) is 0 Å². The zero-order chi connectivity index (χ0) is 12.6. The van der Waals surface area contributed by atoms with Crippen LogP contribution in [0.2, 0.25) is 0 Å². The minimum absolute atomic E-state index is 0. The molecule has 0 saturated carbocycles. The normalized spacial score (nSPS) is 12.3. The van der Waals surface area contributed by atoms with Gasteiger partial charge in [-0.25, -0.2) is 0 Å². The Labute approximate surface area is 124 Å². The Kier molecular flexibility index (Phi) is 11.3. The van der Waals surface area contributed by atoms with Gasteiger partial charge in [0.1, 0.15) is 0 Å². The molecule has 0 unspecified atom stereocenters. The predicted molar refractivity (Wildman–Crippen MR) is 88.4 cm³/mol. The SMILES string of the molecule is CCNC(=NCCCC(C)C)NC(C)(C)C.I. The third kappa shape index (κ3) is 13.9. The fraction of sp³-hybridized carbons (Fsp3) is 0.923. The van der Waals surface area contributed by atoms with Gasteiger partial charge in [-0.1, -0.05) is 13.8 Å². The molecule has 0 bridgehead atoms. The average molecular weight is 355 g/mol. The molecule has 2 N–H and O–H groups in total. The number of halogens is 1. The molecule has 0 heterocycles. The lowest BCUT2D eigenvalue weighted by Gasteiger charge is -2.23. The molecule has 4 heteroatoms. The molecule has 0 aliphatic carbocycles. The van der Waals surface area contributed by atoms with E-state index >= 15 is 0 Å². The molecule has 0 atom stereocenters. The number of hydrogen-bond acceptors (Lipinski definition) is 1. The summed E-state index contributed by atoms with van der Waals surface area (Å²) < 4.78 is 0. The Hall–Kier alpha value is 0. The highest BCUT2D eigenvalue weighted by atomic mass is 127. The van der Waals surface area contributed by atoms with E-state index < -0.39 is 0 Å². The van der Waals surface area contributed by atoms with Crippen LogP contribution >= 0.6 is 24.0 Å². The van der Waals surface area contributed by atoms with Gasteiger partial charge in [0.05, 0.1) is 0 Å². The molecule has 17 heavy (non-hydrogen) atoms. The van der Waals surface area contributed by atoms with E-state index in [1.165, 1.54) is 12.8 Å². The van der Waals surface area contributed by atoms with Crippen molar-refractivity contribution in [3.8, 4) is 0 Å². The highest BCUT2D eigenvalue weighted by Crippen LogP contribution is 2.03. The van der Waals surface area contributed by atoms with E-state index in [1.807, 2.05) is 0 Å². The second-order valence-corrected chi connectivity index (χ2v) is 5.67. The van der Waals surface area contributed by atoms with Gasteiger partial charge >= 0.3 is 0 Å². The molecule has 0 radical (unpaired) electrons. The Morgan fingerprint density at radius 2 is 1.82 bits per heavy atom. The maximum Gasteiger partial charge on any atom is 0.191 e. The van der Waals surface area contributed by atoms with E-state index in [2.05, 4.69) is 57.2 Å². The highest BCUT2D eigenvalue weighted by molar-refractivity contribution is 14.0. The number of guanidine groups is 1. The molecule has 0 aliphatic rings. The van der Waals surface area contributed by atoms with Crippen LogP contribution in [0, 0.1) is 5.92 Å². The van der Waals surface area contributed by atoms with Crippen molar-refractivity contribution >= 4 is 29.9 Å². The summed E-state index contributed by atoms with van der Waals surface area (Å²) in [6, 6.07) is 0. The van der Waals surface area contributed by atoms with Gasteiger partial charge in [-0.3, -0.25) is 4.99 Å². The molecule has 0 aromatic rings. The summed E-state index contributed by atoms with van der Waals surface area (Å²) >= 11 is 0. The Balaban J connectivity index is 0. The molecule has 0 aromatic carbocycles. The van der Waals surface area contributed by atoms with Crippen molar-refractivity contribution in [3.63, 3.8) is 0 Å². The lowest BCUT2D eigenvalue weighted by molar-refractivity contribution is 0.500. The zero-order valence-corrected chi connectivity index (χ0v) is 14.6. The zero-order valence-electron chi connectivity index (χ0n) is 12.3. The van der Waals surface area contributed by atoms with E-state index in [-0.39, 0.29) is 29.5 Å². The van der Waals surface area contributed by atoms with Crippen molar-refractivity contribution in [1.82, 2.24) is 10.6 Å². The fourth-order valence-corrected chi connectivity index (χ4v) is 1.35. The van der Waals surface area contributed by atoms with Crippen molar-refractivity contribution in [1.29, 1.82) is 0 Å². The smallest absolute Gasteiger partial charge is 0.191 e. The average Bonchev–Trinajstić information content (AvgIpc) is 2.09. The van der Waals surface area contributed by atoms with Gasteiger partial charge in [0.2, 0.25) is 0 Å². The molecule has 3 nitrogen and oxygen atoms in total. The molecule has 0 spiro atoms. The topological polar surface area (TPSA) is 36.4 Å². The number of rotatable bonds is 5. The van der Waals surface area contributed by atoms with E-state index in [1.54, 1.807) is 0 Å². The number of nitrogens with zero attached hydrogens (tertiary/aromatic N) is 1. The monoisotopic (exact) mass is 355 g/mol. The maximum absolute atomic E-state index is 4.57. The van der Waals surface area contributed by atoms with Crippen molar-refractivity contribution in [2.45, 2.75) is 59.9 Å². The third-order valence-electron chi connectivity index (χ3n) is 2.05. The number of hydrogen-bond donors (Lipinski definition) is 2. The third-order valence-corrected chi connectivity index (χ3v) is 2.05. The lowest BCUT2D eigenvalue weighted by atomic mass is 10.1. The first-order valence-corrected chi connectivity index (χ1v) is 6.41. The van der Waals surface area contributed by atoms with Gasteiger partial charge < -0.3 is 10.6 Å². The molecule has 0 amide bonds. The first-order chi connectivity index (χ1) is 7.35. The summed E-state index contributed by atoms with van der Waals surface area (Å²) in [5.41, 5.74) is 0.0685. The van der Waals surface area contributed by atoms with Crippen molar-refractivity contribution in [2.75, 3.05) is 13.1 Å². The van der Waals surface area contributed by atoms with Crippen LogP contribution in [0.4, 0.5) is 0 Å². The molecular formula is C13H30IN3. The molecule has 0 saturated heterocycles. The van der Waals surface area contributed by atoms with Crippen LogP contribution in [-0.2, 0) is 0 Å². The molecule has 0 aromatic heterocycles. The molecular weight excluding hydrogens is 325 g/mol. The highest BCUT2D eigenvalue weighted by Gasteiger charge is 2.11. The minimum Gasteiger partial charge on any atom is -0.357 e. The van der Waals surface area contributed by atoms with Gasteiger partial charge in [-0.2, -0.15) is 0 Å². The standard InChI is InChI=1S/C13H29N3.HI/c1-7-14-12(16-13(4,5)6)15-10-8-9-11(2)3;/h11H,7-10H2,1-6H3,(H2,14,15,16);1H. The van der Waals surface area contributed by atoms with Crippen LogP contribution in [0.15, 0.2) is 4.99 Å². The van der Waals surface area contributed by atoms with Crippen LogP contribution in [0.5, 0.6) is 0 Å². The van der Waals surface area contributed by atoms with Gasteiger partial charge in [0.25, 0.3) is 0 Å². The van der Waals surface area contributed by atoms with Crippen LogP contribution in [-0.4, -0.2) is 24.6 Å². The fourth-order valence-electron chi connectivity index (χ4n) is 1.35. The predicted octanol–water partition coefficient (Wildman–Crippen LogP) is 3.39. The molecule has 104 valence electrons. The van der Waals surface area contributed by atoms with E-state index in [0.717, 1.165) is 25.0 Å². The lowest BCUT2D eigenvalue weighted by Crippen LogP contribution is -2.47. The summed E-state index contributed by atoms with van der Waals surface area (Å²) in [4.78, 5) is 4.57. The quantitative estimate of drug-likeness (QED) is 0.343. The van der Waals surface area contributed by atoms with Crippen molar-refractivity contribution in [2.24, 2.45) is 10.9 Å². The van der Waals surface area contributed by atoms with Gasteiger partial charge in [0.15, 0.2) is 5.96 Å². The molecule has 0 aliphatic heterocycles. The Morgan fingerprint density at radius 1 is 1.24 bits per heavy atom. The Morgan fingerprint density at radius 3 is 2.24 bits per heavy atom. The van der Waals surface area contributed by atoms with Crippen LogP contribution in [0.3, 0.4) is 0 Å². The van der Waals surface area contributed by atoms with Crippen LogP contribution in [0.25, 0.3) is 0 Å². The largest absolute Gasteiger partial charge is 0.357 e. The van der Waals surface area contributed by atoms with Crippen molar-refractivity contribution in [3.05, 3.63) is 0 Å². The van der Waals surface area contributed by atoms with Crippen LogP contribution in [0.1, 0.15) is 54.4 Å². The van der Waals surface area contributed by atoms with E-state index in [9.17, 15) is 0 Å². The van der Waals surface area contributed by atoms with Gasteiger partial charge in [-0.15, -0.1) is 24.0 Å². The van der Waals surface area contributed by atoms with Crippen molar-refractivity contribution < 1.29 is 0 Å². The van der Waals surface area contributed by atoms with E-state index in [0.29, 0.717) is 0 Å². The summed E-state index contributed by atoms with van der Waals surface area (Å²) in [6.07, 6.45) is 2.41. The maximum atomic E-state index is 4.57. The minimum atomic E-state index is 0. The van der Waals surface area contributed by atoms with Gasteiger partial charge in [-0.05, 0) is 46.5 Å². The Bertz CT molecular complexity index is 207.